The van der Waals surface area contributed by atoms with Crippen molar-refractivity contribution < 1.29 is 30.9 Å². The van der Waals surface area contributed by atoms with Crippen LogP contribution in [0.4, 0.5) is 0 Å². The van der Waals surface area contributed by atoms with Gasteiger partial charge in [0.15, 0.2) is 5.75 Å². The summed E-state index contributed by atoms with van der Waals surface area (Å²) in [5.41, 5.74) is 14.0. The molecular formula is C51H42N3O2Pt-. The number of aromatic hydroxyl groups is 1. The van der Waals surface area contributed by atoms with Gasteiger partial charge in [-0.2, -0.15) is 0 Å². The van der Waals surface area contributed by atoms with Crippen LogP contribution in [0.5, 0.6) is 17.4 Å². The number of pyridine rings is 1. The van der Waals surface area contributed by atoms with Crippen molar-refractivity contribution in [2.45, 2.75) is 51.9 Å². The molecule has 0 aliphatic heterocycles. The number of benzene rings is 6. The molecule has 6 heteroatoms. The van der Waals surface area contributed by atoms with Crippen LogP contribution < -0.4 is 4.74 Å². The number of phenols is 1. The Labute approximate surface area is 348 Å². The normalized spacial score (nSPS) is 14.0. The number of rotatable bonds is 6. The number of nitrogens with zero attached hydrogens (tertiary/aromatic N) is 3. The molecule has 10 rings (SSSR count). The van der Waals surface area contributed by atoms with E-state index < -0.39 is 0 Å². The minimum absolute atomic E-state index is 0. The third-order valence-corrected chi connectivity index (χ3v) is 11.7. The van der Waals surface area contributed by atoms with Crippen LogP contribution in [0.1, 0.15) is 48.6 Å². The fourth-order valence-corrected chi connectivity index (χ4v) is 8.96. The second kappa shape index (κ2) is 14.3. The molecule has 0 radical (unpaired) electrons. The van der Waals surface area contributed by atoms with E-state index in [4.69, 9.17) is 14.7 Å². The van der Waals surface area contributed by atoms with Gasteiger partial charge in [-0.25, -0.2) is 4.98 Å². The third kappa shape index (κ3) is 6.68. The first kappa shape index (κ1) is 36.8. The van der Waals surface area contributed by atoms with Crippen molar-refractivity contribution in [3.05, 3.63) is 179 Å². The Balaban J connectivity index is 0.00000422. The molecule has 0 bridgehead atoms. The van der Waals surface area contributed by atoms with Crippen molar-refractivity contribution >= 4 is 11.0 Å². The van der Waals surface area contributed by atoms with E-state index in [1.54, 1.807) is 6.07 Å². The van der Waals surface area contributed by atoms with Crippen molar-refractivity contribution in [2.75, 3.05) is 0 Å². The summed E-state index contributed by atoms with van der Waals surface area (Å²) < 4.78 is 9.04. The molecule has 1 spiro atoms. The monoisotopic (exact) mass is 923 g/mol. The largest absolute Gasteiger partial charge is 0.507 e. The Morgan fingerprint density at radius 3 is 2.09 bits per heavy atom. The molecule has 0 unspecified atom stereocenters. The average Bonchev–Trinajstić information content (AvgIpc) is 3.89. The van der Waals surface area contributed by atoms with Gasteiger partial charge in [0.2, 0.25) is 5.88 Å². The zero-order valence-corrected chi connectivity index (χ0v) is 34.5. The Morgan fingerprint density at radius 2 is 1.33 bits per heavy atom. The second-order valence-corrected chi connectivity index (χ2v) is 16.6. The number of phenolic OH excluding ortho intramolecular Hbond substituents is 1. The van der Waals surface area contributed by atoms with Gasteiger partial charge in [-0.15, -0.1) is 34.9 Å². The zero-order valence-electron chi connectivity index (χ0n) is 32.2. The number of ether oxygens (including phenoxy) is 1. The van der Waals surface area contributed by atoms with Crippen molar-refractivity contribution in [3.8, 4) is 56.8 Å². The predicted octanol–water partition coefficient (Wildman–Crippen LogP) is 11.9. The summed E-state index contributed by atoms with van der Waals surface area (Å²) in [7, 11) is 0. The van der Waals surface area contributed by atoms with Gasteiger partial charge in [-0.1, -0.05) is 118 Å². The fraction of sp³-hybridized carbons (Fsp3) is 0.176. The molecule has 0 fully saturated rings. The van der Waals surface area contributed by atoms with Crippen LogP contribution in [0, 0.1) is 11.5 Å². The van der Waals surface area contributed by atoms with Gasteiger partial charge in [0.25, 0.3) is 0 Å². The summed E-state index contributed by atoms with van der Waals surface area (Å²) in [4.78, 5) is 10.4. The number of aromatic nitrogens is 3. The number of hydrogen-bond donors (Lipinski definition) is 1. The van der Waals surface area contributed by atoms with E-state index in [9.17, 15) is 5.11 Å². The Kier molecular flexibility index (Phi) is 9.25. The number of fused-ring (bicyclic) bond motifs is 3. The van der Waals surface area contributed by atoms with E-state index in [1.807, 2.05) is 42.5 Å². The SMILES string of the molecule is CC(C)(C)c1cc(Oc2cccc3c2nc(-c2[c-]cc4c(c2)CC2(C4)Cc4ccccc4C2)n3-c2ccccc2-c2ccccc2)nc(-c2ccccc2O)c1.[Pt]. The van der Waals surface area contributed by atoms with E-state index in [-0.39, 0.29) is 37.6 Å². The van der Waals surface area contributed by atoms with E-state index >= 15 is 0 Å². The van der Waals surface area contributed by atoms with Crippen molar-refractivity contribution in [1.29, 1.82) is 0 Å². The van der Waals surface area contributed by atoms with E-state index in [0.717, 1.165) is 70.5 Å². The molecule has 57 heavy (non-hydrogen) atoms. The van der Waals surface area contributed by atoms with Crippen LogP contribution in [-0.2, 0) is 52.2 Å². The smallest absolute Gasteiger partial charge is 0.220 e. The molecule has 8 aromatic rings. The van der Waals surface area contributed by atoms with Gasteiger partial charge in [0.1, 0.15) is 11.3 Å². The van der Waals surface area contributed by atoms with Crippen LogP contribution >= 0.6 is 0 Å². The van der Waals surface area contributed by atoms with Gasteiger partial charge in [-0.05, 0) is 88.7 Å². The molecule has 2 aromatic heterocycles. The van der Waals surface area contributed by atoms with Gasteiger partial charge in [0, 0.05) is 43.9 Å². The maximum absolute atomic E-state index is 10.8. The Hall–Kier alpha value is -5.77. The first-order valence-corrected chi connectivity index (χ1v) is 19.5. The molecule has 2 aliphatic carbocycles. The number of imidazole rings is 1. The molecule has 2 heterocycles. The topological polar surface area (TPSA) is 60.2 Å². The third-order valence-electron chi connectivity index (χ3n) is 11.7. The minimum atomic E-state index is -0.189. The summed E-state index contributed by atoms with van der Waals surface area (Å²) in [6, 6.07) is 53.7. The van der Waals surface area contributed by atoms with E-state index in [0.29, 0.717) is 22.9 Å². The first-order chi connectivity index (χ1) is 27.2. The maximum Gasteiger partial charge on any atom is 0.220 e. The molecule has 0 saturated heterocycles. The van der Waals surface area contributed by atoms with Crippen LogP contribution in [0.2, 0.25) is 0 Å². The van der Waals surface area contributed by atoms with Crippen molar-refractivity contribution in [3.63, 3.8) is 0 Å². The summed E-state index contributed by atoms with van der Waals surface area (Å²) in [6.45, 7) is 6.50. The van der Waals surface area contributed by atoms with E-state index in [2.05, 4.69) is 128 Å². The minimum Gasteiger partial charge on any atom is -0.507 e. The van der Waals surface area contributed by atoms with Gasteiger partial charge >= 0.3 is 0 Å². The molecule has 5 nitrogen and oxygen atoms in total. The summed E-state index contributed by atoms with van der Waals surface area (Å²) in [6.07, 6.45) is 4.35. The fourth-order valence-electron chi connectivity index (χ4n) is 8.96. The quantitative estimate of drug-likeness (QED) is 0.169. The molecule has 0 atom stereocenters. The first-order valence-electron chi connectivity index (χ1n) is 19.5. The molecule has 2 aliphatic rings. The van der Waals surface area contributed by atoms with Crippen molar-refractivity contribution in [2.24, 2.45) is 5.41 Å². The molecule has 284 valence electrons. The summed E-state index contributed by atoms with van der Waals surface area (Å²) in [5.74, 6) is 2.03. The zero-order chi connectivity index (χ0) is 38.0. The maximum atomic E-state index is 10.8. The Bertz CT molecular complexity index is 2770. The van der Waals surface area contributed by atoms with Crippen LogP contribution in [-0.4, -0.2) is 19.6 Å². The molecule has 0 saturated carbocycles. The second-order valence-electron chi connectivity index (χ2n) is 16.6. The summed E-state index contributed by atoms with van der Waals surface area (Å²) in [5, 5.41) is 10.8. The number of hydrogen-bond acceptors (Lipinski definition) is 4. The van der Waals surface area contributed by atoms with Gasteiger partial charge < -0.3 is 14.4 Å². The molecule has 0 amide bonds. The molecule has 6 aromatic carbocycles. The molecular weight excluding hydrogens is 882 g/mol. The van der Waals surface area contributed by atoms with Gasteiger partial charge in [0.05, 0.1) is 17.0 Å². The van der Waals surface area contributed by atoms with Crippen LogP contribution in [0.25, 0.3) is 50.5 Å². The van der Waals surface area contributed by atoms with Crippen molar-refractivity contribution in [1.82, 2.24) is 14.5 Å². The average molecular weight is 924 g/mol. The van der Waals surface area contributed by atoms with Crippen LogP contribution in [0.3, 0.4) is 0 Å². The Morgan fingerprint density at radius 1 is 0.667 bits per heavy atom. The molecule has 1 N–H and O–H groups in total. The van der Waals surface area contributed by atoms with Crippen LogP contribution in [0.15, 0.2) is 146 Å². The standard InChI is InChI=1S/C51H42N3O2.Pt/c1-50(2,3)39-27-42(41-19-10-12-22-45(41)55)52-47(28-39)56-46-23-13-21-44-48(46)53-49(54(44)43-20-11-9-18-40(43)33-14-5-4-6-15-33)34-24-25-37-31-51(32-38(37)26-34)29-35-16-7-8-17-36(35)30-51;/h4-23,25-28,55H,29-32H2,1-3H3;/q-1;. The number of para-hydroxylation sites is 3. The van der Waals surface area contributed by atoms with E-state index in [1.165, 1.54) is 22.3 Å². The predicted molar refractivity (Wildman–Crippen MR) is 225 cm³/mol. The van der Waals surface area contributed by atoms with Gasteiger partial charge in [-0.3, -0.25) is 4.98 Å². The summed E-state index contributed by atoms with van der Waals surface area (Å²) >= 11 is 0.